The Morgan fingerprint density at radius 1 is 1.13 bits per heavy atom. The molecule has 7 nitrogen and oxygen atoms in total. The highest BCUT2D eigenvalue weighted by Gasteiger charge is 2.49. The monoisotopic (exact) mass is 404 g/mol. The number of benzene rings is 1. The highest BCUT2D eigenvalue weighted by molar-refractivity contribution is 6.00. The van der Waals surface area contributed by atoms with Crippen molar-refractivity contribution in [3.8, 4) is 17.3 Å². The fourth-order valence-corrected chi connectivity index (χ4v) is 4.80. The van der Waals surface area contributed by atoms with Gasteiger partial charge in [0.1, 0.15) is 0 Å². The zero-order valence-electron chi connectivity index (χ0n) is 17.1. The molecule has 3 atom stereocenters. The van der Waals surface area contributed by atoms with Gasteiger partial charge in [-0.25, -0.2) is 4.98 Å². The molecule has 0 radical (unpaired) electrons. The fraction of sp³-hybridized carbons (Fsp3) is 0.391. The Kier molecular flexibility index (Phi) is 4.73. The van der Waals surface area contributed by atoms with Crippen LogP contribution in [0.3, 0.4) is 0 Å². The van der Waals surface area contributed by atoms with Crippen molar-refractivity contribution >= 4 is 5.91 Å². The van der Waals surface area contributed by atoms with E-state index in [4.69, 9.17) is 9.26 Å². The Hall–Kier alpha value is -3.22. The van der Waals surface area contributed by atoms with Gasteiger partial charge in [-0.1, -0.05) is 23.4 Å². The highest BCUT2D eigenvalue weighted by atomic mass is 16.5. The van der Waals surface area contributed by atoms with Crippen LogP contribution in [0.1, 0.15) is 41.1 Å². The second kappa shape index (κ2) is 7.55. The Morgan fingerprint density at radius 2 is 2.00 bits per heavy atom. The number of ether oxygens (including phenoxy) is 1. The molecule has 2 aromatic heterocycles. The number of aryl methyl sites for hydroxylation is 2. The van der Waals surface area contributed by atoms with Crippen molar-refractivity contribution in [1.29, 1.82) is 0 Å². The number of hydrogen-bond donors (Lipinski definition) is 0. The molecule has 30 heavy (non-hydrogen) atoms. The third-order valence-corrected chi connectivity index (χ3v) is 6.12. The largest absolute Gasteiger partial charge is 0.477 e. The predicted octanol–water partition coefficient (Wildman–Crippen LogP) is 3.82. The molecule has 2 aliphatic rings. The van der Waals surface area contributed by atoms with Gasteiger partial charge in [-0.3, -0.25) is 4.79 Å². The first-order chi connectivity index (χ1) is 14.6. The maximum Gasteiger partial charge on any atom is 0.258 e. The van der Waals surface area contributed by atoms with Gasteiger partial charge in [-0.15, -0.1) is 0 Å². The molecule has 7 heteroatoms. The zero-order chi connectivity index (χ0) is 20.7. The van der Waals surface area contributed by atoms with Gasteiger partial charge in [0.2, 0.25) is 5.88 Å². The number of nitrogens with zero attached hydrogens (tertiary/aromatic N) is 4. The molecule has 154 valence electrons. The standard InChI is InChI=1S/C23H24N4O3/c1-14-6-5-9-21(24-14)29-13-16-12-17-10-11-20(16)27(17)23(28)19-8-4-3-7-18(19)22-25-15(2)26-30-22/h3-9,16-17,20H,10-13H2,1-2H3. The van der Waals surface area contributed by atoms with Gasteiger partial charge in [-0.05, 0) is 51.3 Å². The number of amides is 1. The van der Waals surface area contributed by atoms with Crippen LogP contribution in [-0.2, 0) is 0 Å². The summed E-state index contributed by atoms with van der Waals surface area (Å²) in [5.41, 5.74) is 2.23. The molecule has 0 N–H and O–H groups in total. The molecule has 2 aliphatic heterocycles. The Labute approximate surface area is 175 Å². The number of rotatable bonds is 5. The number of pyridine rings is 1. The SMILES string of the molecule is Cc1cccc(OCC2CC3CCC2N3C(=O)c2ccccc2-c2nc(C)no2)n1. The molecule has 4 heterocycles. The lowest BCUT2D eigenvalue weighted by Crippen LogP contribution is -2.37. The van der Waals surface area contributed by atoms with Gasteiger partial charge in [-0.2, -0.15) is 4.98 Å². The van der Waals surface area contributed by atoms with E-state index in [0.717, 1.165) is 25.0 Å². The summed E-state index contributed by atoms with van der Waals surface area (Å²) in [7, 11) is 0. The molecule has 0 saturated carbocycles. The number of aromatic nitrogens is 3. The van der Waals surface area contributed by atoms with Crippen LogP contribution in [0.15, 0.2) is 47.0 Å². The number of carbonyl (C=O) groups excluding carboxylic acids is 1. The first-order valence-corrected chi connectivity index (χ1v) is 10.4. The van der Waals surface area contributed by atoms with Crippen LogP contribution in [0.4, 0.5) is 0 Å². The molecule has 0 spiro atoms. The summed E-state index contributed by atoms with van der Waals surface area (Å²) in [6, 6.07) is 13.7. The molecule has 5 rings (SSSR count). The molecule has 0 aliphatic carbocycles. The summed E-state index contributed by atoms with van der Waals surface area (Å²) in [6.45, 7) is 4.30. The van der Waals surface area contributed by atoms with E-state index in [9.17, 15) is 4.79 Å². The summed E-state index contributed by atoms with van der Waals surface area (Å²) in [5, 5.41) is 3.87. The van der Waals surface area contributed by atoms with Crippen LogP contribution >= 0.6 is 0 Å². The second-order valence-corrected chi connectivity index (χ2v) is 8.13. The predicted molar refractivity (Wildman–Crippen MR) is 110 cm³/mol. The van der Waals surface area contributed by atoms with E-state index in [1.165, 1.54) is 0 Å². The van der Waals surface area contributed by atoms with Crippen LogP contribution in [-0.4, -0.2) is 44.6 Å². The molecular weight excluding hydrogens is 380 g/mol. The maximum atomic E-state index is 13.6. The van der Waals surface area contributed by atoms with Crippen LogP contribution < -0.4 is 4.74 Å². The van der Waals surface area contributed by atoms with Crippen LogP contribution in [0.25, 0.3) is 11.5 Å². The van der Waals surface area contributed by atoms with Gasteiger partial charge < -0.3 is 14.2 Å². The molecule has 2 saturated heterocycles. The minimum atomic E-state index is 0.0325. The van der Waals surface area contributed by atoms with Crippen molar-refractivity contribution in [2.45, 2.75) is 45.2 Å². The van der Waals surface area contributed by atoms with Crippen molar-refractivity contribution in [3.05, 3.63) is 59.5 Å². The fourth-order valence-electron chi connectivity index (χ4n) is 4.80. The smallest absolute Gasteiger partial charge is 0.258 e. The van der Waals surface area contributed by atoms with Gasteiger partial charge in [0.15, 0.2) is 5.82 Å². The first kappa shape index (κ1) is 18.8. The van der Waals surface area contributed by atoms with E-state index < -0.39 is 0 Å². The Balaban J connectivity index is 1.35. The second-order valence-electron chi connectivity index (χ2n) is 8.13. The molecule has 1 aromatic carbocycles. The minimum absolute atomic E-state index is 0.0325. The maximum absolute atomic E-state index is 13.6. The van der Waals surface area contributed by atoms with Crippen molar-refractivity contribution in [2.24, 2.45) is 5.92 Å². The number of fused-ring (bicyclic) bond motifs is 2. The van der Waals surface area contributed by atoms with Crippen molar-refractivity contribution in [1.82, 2.24) is 20.0 Å². The molecule has 3 aromatic rings. The lowest BCUT2D eigenvalue weighted by atomic mass is 9.90. The van der Waals surface area contributed by atoms with Crippen molar-refractivity contribution in [2.75, 3.05) is 6.61 Å². The molecule has 2 bridgehead atoms. The topological polar surface area (TPSA) is 81.4 Å². The summed E-state index contributed by atoms with van der Waals surface area (Å²) >= 11 is 0. The van der Waals surface area contributed by atoms with Crippen LogP contribution in [0.2, 0.25) is 0 Å². The summed E-state index contributed by atoms with van der Waals surface area (Å²) < 4.78 is 11.3. The quantitative estimate of drug-likeness (QED) is 0.643. The van der Waals surface area contributed by atoms with Gasteiger partial charge in [0.25, 0.3) is 11.8 Å². The third-order valence-electron chi connectivity index (χ3n) is 6.12. The van der Waals surface area contributed by atoms with Crippen LogP contribution in [0.5, 0.6) is 5.88 Å². The van der Waals surface area contributed by atoms with E-state index in [-0.39, 0.29) is 18.0 Å². The summed E-state index contributed by atoms with van der Waals surface area (Å²) in [6.07, 6.45) is 3.01. The highest BCUT2D eigenvalue weighted by Crippen LogP contribution is 2.43. The van der Waals surface area contributed by atoms with E-state index in [0.29, 0.717) is 41.2 Å². The molecular formula is C23H24N4O3. The molecule has 1 amide bonds. The lowest BCUT2D eigenvalue weighted by molar-refractivity contribution is 0.0710. The Bertz CT molecular complexity index is 1080. The average Bonchev–Trinajstić information content (AvgIpc) is 3.46. The summed E-state index contributed by atoms with van der Waals surface area (Å²) in [4.78, 5) is 24.3. The number of hydrogen-bond acceptors (Lipinski definition) is 6. The molecule has 2 fully saturated rings. The first-order valence-electron chi connectivity index (χ1n) is 10.4. The average molecular weight is 404 g/mol. The zero-order valence-corrected chi connectivity index (χ0v) is 17.1. The summed E-state index contributed by atoms with van der Waals surface area (Å²) in [5.74, 6) is 1.93. The van der Waals surface area contributed by atoms with Crippen molar-refractivity contribution < 1.29 is 14.1 Å². The van der Waals surface area contributed by atoms with E-state index >= 15 is 0 Å². The van der Waals surface area contributed by atoms with Gasteiger partial charge in [0, 0.05) is 29.8 Å². The van der Waals surface area contributed by atoms with E-state index in [1.54, 1.807) is 6.92 Å². The van der Waals surface area contributed by atoms with E-state index in [2.05, 4.69) is 20.0 Å². The third kappa shape index (κ3) is 3.34. The normalized spacial score (nSPS) is 22.5. The minimum Gasteiger partial charge on any atom is -0.477 e. The molecule has 3 unspecified atom stereocenters. The number of carbonyl (C=O) groups is 1. The Morgan fingerprint density at radius 3 is 2.80 bits per heavy atom. The van der Waals surface area contributed by atoms with Gasteiger partial charge >= 0.3 is 0 Å². The van der Waals surface area contributed by atoms with Gasteiger partial charge in [0.05, 0.1) is 17.7 Å². The lowest BCUT2D eigenvalue weighted by Gasteiger charge is -2.25. The van der Waals surface area contributed by atoms with E-state index in [1.807, 2.05) is 49.4 Å². The van der Waals surface area contributed by atoms with Crippen LogP contribution in [0, 0.1) is 19.8 Å². The van der Waals surface area contributed by atoms with Crippen molar-refractivity contribution in [3.63, 3.8) is 0 Å².